The second-order valence-corrected chi connectivity index (χ2v) is 8.42. The van der Waals surface area contributed by atoms with Crippen LogP contribution in [0.1, 0.15) is 45.6 Å². The zero-order valence-electron chi connectivity index (χ0n) is 20.0. The van der Waals surface area contributed by atoms with E-state index in [9.17, 15) is 34.2 Å². The van der Waals surface area contributed by atoms with Gasteiger partial charge in [0.15, 0.2) is 0 Å². The standard InChI is InChI=1S/C23H34N4O8/c1-4-12(2)19(27-20(31)13(3)24)22(33)25-16(9-10-18(29)30)21(32)26-17(23(34)35)11-14-5-7-15(28)8-6-14/h5-8,12-13,16-17,19,28H,4,9-11,24H2,1-3H3,(H,25,33)(H,26,32)(H,27,31)(H,29,30)(H,34,35). The summed E-state index contributed by atoms with van der Waals surface area (Å²) >= 11 is 0. The summed E-state index contributed by atoms with van der Waals surface area (Å²) in [5, 5.41) is 35.3. The normalized spacial score (nSPS) is 15.1. The van der Waals surface area contributed by atoms with Crippen LogP contribution in [0.25, 0.3) is 0 Å². The van der Waals surface area contributed by atoms with Gasteiger partial charge in [0.2, 0.25) is 17.7 Å². The maximum Gasteiger partial charge on any atom is 0.326 e. The zero-order valence-corrected chi connectivity index (χ0v) is 20.0. The molecule has 0 aliphatic heterocycles. The number of phenolic OH excluding ortho intramolecular Hbond substituents is 1. The topological polar surface area (TPSA) is 208 Å². The minimum atomic E-state index is -1.38. The summed E-state index contributed by atoms with van der Waals surface area (Å²) in [6, 6.07) is 1.09. The molecular formula is C23H34N4O8. The fourth-order valence-electron chi connectivity index (χ4n) is 3.12. The quantitative estimate of drug-likeness (QED) is 0.181. The lowest BCUT2D eigenvalue weighted by atomic mass is 9.97. The number of carboxylic acids is 2. The second-order valence-electron chi connectivity index (χ2n) is 8.42. The number of phenols is 1. The molecular weight excluding hydrogens is 460 g/mol. The third kappa shape index (κ3) is 10.0. The maximum atomic E-state index is 13.0. The van der Waals surface area contributed by atoms with Crippen LogP contribution in [0.2, 0.25) is 0 Å². The van der Waals surface area contributed by atoms with E-state index in [0.29, 0.717) is 12.0 Å². The number of nitrogens with two attached hydrogens (primary N) is 1. The van der Waals surface area contributed by atoms with Gasteiger partial charge in [0.05, 0.1) is 6.04 Å². The molecule has 194 valence electrons. The first kappa shape index (κ1) is 29.4. The molecule has 0 spiro atoms. The van der Waals surface area contributed by atoms with Crippen LogP contribution in [-0.4, -0.2) is 69.1 Å². The highest BCUT2D eigenvalue weighted by Crippen LogP contribution is 2.13. The molecule has 0 fully saturated rings. The number of aromatic hydroxyl groups is 1. The van der Waals surface area contributed by atoms with Gasteiger partial charge in [0, 0.05) is 12.8 Å². The average Bonchev–Trinajstić information content (AvgIpc) is 2.79. The third-order valence-electron chi connectivity index (χ3n) is 5.48. The lowest BCUT2D eigenvalue weighted by Gasteiger charge is -2.27. The molecule has 0 aromatic heterocycles. The third-order valence-corrected chi connectivity index (χ3v) is 5.48. The molecule has 1 rings (SSSR count). The van der Waals surface area contributed by atoms with Crippen LogP contribution in [0.4, 0.5) is 0 Å². The van der Waals surface area contributed by atoms with E-state index in [1.54, 1.807) is 13.8 Å². The van der Waals surface area contributed by atoms with Crippen LogP contribution < -0.4 is 21.7 Å². The van der Waals surface area contributed by atoms with Crippen molar-refractivity contribution in [3.8, 4) is 5.75 Å². The number of carbonyl (C=O) groups excluding carboxylic acids is 3. The van der Waals surface area contributed by atoms with E-state index in [1.165, 1.54) is 31.2 Å². The van der Waals surface area contributed by atoms with Crippen molar-refractivity contribution < 1.29 is 39.3 Å². The predicted octanol–water partition coefficient (Wildman–Crippen LogP) is -0.268. The first-order chi connectivity index (χ1) is 16.3. The first-order valence-electron chi connectivity index (χ1n) is 11.2. The van der Waals surface area contributed by atoms with Crippen molar-refractivity contribution in [2.45, 2.75) is 70.6 Å². The van der Waals surface area contributed by atoms with Crippen LogP contribution in [-0.2, 0) is 30.4 Å². The Hall–Kier alpha value is -3.67. The Bertz CT molecular complexity index is 903. The molecule has 0 bridgehead atoms. The molecule has 8 N–H and O–H groups in total. The van der Waals surface area contributed by atoms with Crippen LogP contribution in [0.3, 0.4) is 0 Å². The molecule has 0 radical (unpaired) electrons. The lowest BCUT2D eigenvalue weighted by molar-refractivity contribution is -0.143. The monoisotopic (exact) mass is 494 g/mol. The Labute approximate surface area is 203 Å². The van der Waals surface area contributed by atoms with E-state index in [1.807, 2.05) is 0 Å². The van der Waals surface area contributed by atoms with Crippen molar-refractivity contribution in [2.75, 3.05) is 0 Å². The van der Waals surface area contributed by atoms with Gasteiger partial charge < -0.3 is 37.0 Å². The van der Waals surface area contributed by atoms with E-state index >= 15 is 0 Å². The predicted molar refractivity (Wildman–Crippen MR) is 125 cm³/mol. The number of carbonyl (C=O) groups is 5. The van der Waals surface area contributed by atoms with Gasteiger partial charge in [-0.3, -0.25) is 19.2 Å². The average molecular weight is 495 g/mol. The zero-order chi connectivity index (χ0) is 26.7. The van der Waals surface area contributed by atoms with E-state index < -0.39 is 60.2 Å². The van der Waals surface area contributed by atoms with E-state index in [4.69, 9.17) is 10.8 Å². The van der Waals surface area contributed by atoms with Gasteiger partial charge in [-0.2, -0.15) is 0 Å². The fraction of sp³-hybridized carbons (Fsp3) is 0.522. The summed E-state index contributed by atoms with van der Waals surface area (Å²) in [5.74, 6) is -5.06. The highest BCUT2D eigenvalue weighted by molar-refractivity contribution is 5.94. The summed E-state index contributed by atoms with van der Waals surface area (Å²) < 4.78 is 0. The van der Waals surface area contributed by atoms with Gasteiger partial charge >= 0.3 is 11.9 Å². The maximum absolute atomic E-state index is 13.0. The van der Waals surface area contributed by atoms with Crippen LogP contribution in [0.5, 0.6) is 5.75 Å². The van der Waals surface area contributed by atoms with Crippen LogP contribution in [0, 0.1) is 5.92 Å². The molecule has 5 atom stereocenters. The van der Waals surface area contributed by atoms with Gasteiger partial charge in [0.1, 0.15) is 23.9 Å². The largest absolute Gasteiger partial charge is 0.508 e. The van der Waals surface area contributed by atoms with Crippen molar-refractivity contribution in [2.24, 2.45) is 11.7 Å². The molecule has 0 saturated carbocycles. The minimum Gasteiger partial charge on any atom is -0.508 e. The van der Waals surface area contributed by atoms with Gasteiger partial charge in [-0.15, -0.1) is 0 Å². The van der Waals surface area contributed by atoms with Crippen LogP contribution >= 0.6 is 0 Å². The Balaban J connectivity index is 3.06. The number of nitrogens with one attached hydrogen (secondary N) is 3. The highest BCUT2D eigenvalue weighted by atomic mass is 16.4. The smallest absolute Gasteiger partial charge is 0.326 e. The van der Waals surface area contributed by atoms with Gasteiger partial charge in [0.25, 0.3) is 0 Å². The van der Waals surface area contributed by atoms with E-state index in [2.05, 4.69) is 16.0 Å². The summed E-state index contributed by atoms with van der Waals surface area (Å²) in [5.41, 5.74) is 6.09. The first-order valence-corrected chi connectivity index (χ1v) is 11.2. The molecule has 3 amide bonds. The van der Waals surface area contributed by atoms with Crippen molar-refractivity contribution >= 4 is 29.7 Å². The summed E-state index contributed by atoms with van der Waals surface area (Å²) in [6.07, 6.45) is -0.362. The number of benzene rings is 1. The molecule has 0 saturated heterocycles. The molecule has 0 heterocycles. The fourth-order valence-corrected chi connectivity index (χ4v) is 3.12. The number of carboxylic acid groups (broad SMARTS) is 2. The van der Waals surface area contributed by atoms with Crippen molar-refractivity contribution in [1.82, 2.24) is 16.0 Å². The number of hydrogen-bond acceptors (Lipinski definition) is 7. The molecule has 12 heteroatoms. The van der Waals surface area contributed by atoms with E-state index in [-0.39, 0.29) is 24.5 Å². The number of aliphatic carboxylic acids is 2. The Kier molecular flexibility index (Phi) is 11.7. The highest BCUT2D eigenvalue weighted by Gasteiger charge is 2.32. The van der Waals surface area contributed by atoms with Gasteiger partial charge in [-0.05, 0) is 37.0 Å². The molecule has 35 heavy (non-hydrogen) atoms. The Morgan fingerprint density at radius 1 is 0.886 bits per heavy atom. The lowest BCUT2D eigenvalue weighted by Crippen LogP contribution is -2.58. The van der Waals surface area contributed by atoms with Crippen molar-refractivity contribution in [3.63, 3.8) is 0 Å². The Morgan fingerprint density at radius 3 is 1.94 bits per heavy atom. The summed E-state index contributed by atoms with van der Waals surface area (Å²) in [7, 11) is 0. The number of rotatable bonds is 14. The number of amides is 3. The second kappa shape index (κ2) is 13.9. The molecule has 5 unspecified atom stereocenters. The molecule has 1 aromatic carbocycles. The Morgan fingerprint density at radius 2 is 1.46 bits per heavy atom. The molecule has 1 aromatic rings. The SMILES string of the molecule is CCC(C)C(NC(=O)C(C)N)C(=O)NC(CCC(=O)O)C(=O)NC(Cc1ccc(O)cc1)C(=O)O. The minimum absolute atomic E-state index is 0.00640. The van der Waals surface area contributed by atoms with Gasteiger partial charge in [-0.1, -0.05) is 32.4 Å². The van der Waals surface area contributed by atoms with Crippen molar-refractivity contribution in [3.05, 3.63) is 29.8 Å². The molecule has 0 aliphatic carbocycles. The van der Waals surface area contributed by atoms with Gasteiger partial charge in [-0.25, -0.2) is 4.79 Å². The van der Waals surface area contributed by atoms with E-state index in [0.717, 1.165) is 0 Å². The summed E-state index contributed by atoms with van der Waals surface area (Å²) in [6.45, 7) is 4.97. The van der Waals surface area contributed by atoms with Crippen LogP contribution in [0.15, 0.2) is 24.3 Å². The molecule has 12 nitrogen and oxygen atoms in total. The summed E-state index contributed by atoms with van der Waals surface area (Å²) in [4.78, 5) is 60.8. The molecule has 0 aliphatic rings. The number of hydrogen-bond donors (Lipinski definition) is 7. The van der Waals surface area contributed by atoms with Crippen molar-refractivity contribution in [1.29, 1.82) is 0 Å².